The van der Waals surface area contributed by atoms with Gasteiger partial charge < -0.3 is 15.5 Å². The molecule has 0 unspecified atom stereocenters. The summed E-state index contributed by atoms with van der Waals surface area (Å²) in [5.74, 6) is -1.06. The third kappa shape index (κ3) is 6.36. The van der Waals surface area contributed by atoms with E-state index in [1.165, 1.54) is 4.90 Å². The van der Waals surface area contributed by atoms with E-state index in [-0.39, 0.29) is 24.9 Å². The molecule has 0 aromatic heterocycles. The molecule has 3 rings (SSSR count). The number of nitrogens with zero attached hydrogens (tertiary/aromatic N) is 3. The molecule has 2 amide bonds. The zero-order valence-corrected chi connectivity index (χ0v) is 22.2. The van der Waals surface area contributed by atoms with Crippen molar-refractivity contribution in [3.63, 3.8) is 0 Å². The monoisotopic (exact) mass is 524 g/mol. The summed E-state index contributed by atoms with van der Waals surface area (Å²) in [4.78, 5) is 29.8. The SMILES string of the molecule is CCc1c(C#N)cc2ccccc2c1C(=O)N(CC(N)=O)C[C@@H](CCN(C)C)c1ccc(Cl)c(Cl)c1. The number of amides is 2. The second-order valence-electron chi connectivity index (χ2n) is 9.08. The van der Waals surface area contributed by atoms with Crippen LogP contribution in [0.2, 0.25) is 10.0 Å². The molecule has 0 aliphatic heterocycles. The highest BCUT2D eigenvalue weighted by Gasteiger charge is 2.27. The first-order chi connectivity index (χ1) is 17.2. The van der Waals surface area contributed by atoms with E-state index < -0.39 is 5.91 Å². The molecule has 0 aliphatic carbocycles. The van der Waals surface area contributed by atoms with E-state index in [2.05, 4.69) is 11.0 Å². The number of fused-ring (bicyclic) bond motifs is 1. The Morgan fingerprint density at radius 3 is 2.42 bits per heavy atom. The first-order valence-electron chi connectivity index (χ1n) is 11.8. The number of carbonyl (C=O) groups excluding carboxylic acids is 2. The van der Waals surface area contributed by atoms with Crippen LogP contribution in [-0.4, -0.2) is 55.3 Å². The summed E-state index contributed by atoms with van der Waals surface area (Å²) in [5, 5.41) is 12.2. The van der Waals surface area contributed by atoms with Crippen LogP contribution < -0.4 is 5.73 Å². The fraction of sp³-hybridized carbons (Fsp3) is 0.321. The molecule has 0 bridgehead atoms. The number of primary amides is 1. The maximum absolute atomic E-state index is 14.1. The Labute approximate surface area is 222 Å². The van der Waals surface area contributed by atoms with Crippen LogP contribution in [0.4, 0.5) is 0 Å². The van der Waals surface area contributed by atoms with Gasteiger partial charge in [-0.3, -0.25) is 9.59 Å². The molecule has 3 aromatic rings. The molecule has 3 aromatic carbocycles. The zero-order valence-electron chi connectivity index (χ0n) is 20.7. The molecular formula is C28H30Cl2N4O2. The van der Waals surface area contributed by atoms with E-state index in [9.17, 15) is 14.9 Å². The molecule has 8 heteroatoms. The van der Waals surface area contributed by atoms with Crippen LogP contribution in [-0.2, 0) is 11.2 Å². The van der Waals surface area contributed by atoms with Crippen molar-refractivity contribution < 1.29 is 9.59 Å². The molecule has 0 fully saturated rings. The lowest BCUT2D eigenvalue weighted by Crippen LogP contribution is -2.41. The summed E-state index contributed by atoms with van der Waals surface area (Å²) in [7, 11) is 3.95. The fourth-order valence-electron chi connectivity index (χ4n) is 4.48. The minimum absolute atomic E-state index is 0.124. The van der Waals surface area contributed by atoms with E-state index >= 15 is 0 Å². The van der Waals surface area contributed by atoms with Crippen LogP contribution >= 0.6 is 23.2 Å². The van der Waals surface area contributed by atoms with E-state index in [0.717, 1.165) is 22.9 Å². The minimum atomic E-state index is -0.609. The van der Waals surface area contributed by atoms with Crippen molar-refractivity contribution in [1.29, 1.82) is 5.26 Å². The average molecular weight is 525 g/mol. The Bertz CT molecular complexity index is 1320. The fourth-order valence-corrected chi connectivity index (χ4v) is 4.78. The molecule has 0 saturated carbocycles. The van der Waals surface area contributed by atoms with E-state index in [1.807, 2.05) is 51.4 Å². The standard InChI is InChI=1S/C28H30Cl2N4O2/c1-4-22-21(15-31)13-19-7-5-6-8-23(19)27(22)28(36)34(17-26(32)35)16-20(11-12-33(2)3)18-9-10-24(29)25(30)14-18/h5-10,13-14,20H,4,11-12,16-17H2,1-3H3,(H2,32,35)/t20-/m1/s1. The molecule has 0 saturated heterocycles. The van der Waals surface area contributed by atoms with Crippen LogP contribution in [0.5, 0.6) is 0 Å². The first kappa shape index (κ1) is 27.5. The van der Waals surface area contributed by atoms with Crippen molar-refractivity contribution in [3.8, 4) is 6.07 Å². The number of benzene rings is 3. The summed E-state index contributed by atoms with van der Waals surface area (Å²) in [6, 6.07) is 16.9. The summed E-state index contributed by atoms with van der Waals surface area (Å²) in [6.07, 6.45) is 1.21. The van der Waals surface area contributed by atoms with Gasteiger partial charge in [-0.1, -0.05) is 60.5 Å². The molecule has 1 atom stereocenters. The zero-order chi connectivity index (χ0) is 26.4. The minimum Gasteiger partial charge on any atom is -0.368 e. The molecule has 0 spiro atoms. The van der Waals surface area contributed by atoms with Crippen LogP contribution in [0.15, 0.2) is 48.5 Å². The van der Waals surface area contributed by atoms with Gasteiger partial charge in [0.15, 0.2) is 0 Å². The van der Waals surface area contributed by atoms with Gasteiger partial charge in [-0.25, -0.2) is 0 Å². The maximum Gasteiger partial charge on any atom is 0.255 e. The van der Waals surface area contributed by atoms with Gasteiger partial charge in [-0.05, 0) is 73.6 Å². The Morgan fingerprint density at radius 2 is 1.81 bits per heavy atom. The molecule has 188 valence electrons. The van der Waals surface area contributed by atoms with Gasteiger partial charge >= 0.3 is 0 Å². The largest absolute Gasteiger partial charge is 0.368 e. The van der Waals surface area contributed by atoms with Crippen molar-refractivity contribution in [2.75, 3.05) is 33.7 Å². The van der Waals surface area contributed by atoms with Crippen molar-refractivity contribution >= 4 is 45.8 Å². The third-order valence-electron chi connectivity index (χ3n) is 6.26. The normalized spacial score (nSPS) is 11.9. The van der Waals surface area contributed by atoms with Crippen LogP contribution in [0.25, 0.3) is 10.8 Å². The Hall–Kier alpha value is -3.11. The molecular weight excluding hydrogens is 495 g/mol. The number of halogens is 2. The van der Waals surface area contributed by atoms with Gasteiger partial charge in [-0.2, -0.15) is 5.26 Å². The Kier molecular flexibility index (Phi) is 9.33. The van der Waals surface area contributed by atoms with Crippen LogP contribution in [0.3, 0.4) is 0 Å². The number of rotatable bonds is 10. The summed E-state index contributed by atoms with van der Waals surface area (Å²) >= 11 is 12.5. The quantitative estimate of drug-likeness (QED) is 0.392. The molecule has 2 N–H and O–H groups in total. The predicted octanol–water partition coefficient (Wildman–Crippen LogP) is 5.24. The molecule has 0 heterocycles. The summed E-state index contributed by atoms with van der Waals surface area (Å²) in [5.41, 5.74) is 8.07. The number of nitriles is 1. The number of hydrogen-bond donors (Lipinski definition) is 1. The molecule has 0 radical (unpaired) electrons. The van der Waals surface area contributed by atoms with Gasteiger partial charge in [0.2, 0.25) is 5.91 Å². The first-order valence-corrected chi connectivity index (χ1v) is 12.5. The highest BCUT2D eigenvalue weighted by Crippen LogP contribution is 2.31. The lowest BCUT2D eigenvalue weighted by Gasteiger charge is -2.29. The van der Waals surface area contributed by atoms with Crippen LogP contribution in [0, 0.1) is 11.3 Å². The van der Waals surface area contributed by atoms with Crippen LogP contribution in [0.1, 0.15) is 46.3 Å². The molecule has 36 heavy (non-hydrogen) atoms. The summed E-state index contributed by atoms with van der Waals surface area (Å²) < 4.78 is 0. The number of nitrogens with two attached hydrogens (primary N) is 1. The summed E-state index contributed by atoms with van der Waals surface area (Å²) in [6.45, 7) is 2.68. The number of hydrogen-bond acceptors (Lipinski definition) is 4. The van der Waals surface area contributed by atoms with Gasteiger partial charge in [0.05, 0.1) is 33.8 Å². The van der Waals surface area contributed by atoms with Gasteiger partial charge in [0.1, 0.15) is 0 Å². The highest BCUT2D eigenvalue weighted by molar-refractivity contribution is 6.42. The topological polar surface area (TPSA) is 90.4 Å². The smallest absolute Gasteiger partial charge is 0.255 e. The van der Waals surface area contributed by atoms with Crippen molar-refractivity contribution in [2.45, 2.75) is 25.7 Å². The number of carbonyl (C=O) groups is 2. The second kappa shape index (κ2) is 12.2. The third-order valence-corrected chi connectivity index (χ3v) is 7.00. The lowest BCUT2D eigenvalue weighted by atomic mass is 9.91. The average Bonchev–Trinajstić information content (AvgIpc) is 2.85. The Morgan fingerprint density at radius 1 is 1.08 bits per heavy atom. The second-order valence-corrected chi connectivity index (χ2v) is 9.89. The van der Waals surface area contributed by atoms with E-state index in [1.54, 1.807) is 18.2 Å². The van der Waals surface area contributed by atoms with Crippen molar-refractivity contribution in [1.82, 2.24) is 9.80 Å². The van der Waals surface area contributed by atoms with E-state index in [0.29, 0.717) is 39.6 Å². The van der Waals surface area contributed by atoms with Gasteiger partial charge in [0.25, 0.3) is 5.91 Å². The Balaban J connectivity index is 2.11. The highest BCUT2D eigenvalue weighted by atomic mass is 35.5. The predicted molar refractivity (Wildman–Crippen MR) is 146 cm³/mol. The lowest BCUT2D eigenvalue weighted by molar-refractivity contribution is -0.118. The van der Waals surface area contributed by atoms with E-state index in [4.69, 9.17) is 28.9 Å². The van der Waals surface area contributed by atoms with Gasteiger partial charge in [-0.15, -0.1) is 0 Å². The maximum atomic E-state index is 14.1. The molecule has 0 aliphatic rings. The molecule has 6 nitrogen and oxygen atoms in total. The van der Waals surface area contributed by atoms with Crippen molar-refractivity contribution in [3.05, 3.63) is 80.8 Å². The van der Waals surface area contributed by atoms with Crippen molar-refractivity contribution in [2.24, 2.45) is 5.73 Å². The van der Waals surface area contributed by atoms with Gasteiger partial charge in [0, 0.05) is 12.5 Å².